The number of hydrogen-bond acceptors (Lipinski definition) is 6. The fourth-order valence-electron chi connectivity index (χ4n) is 4.82. The van der Waals surface area contributed by atoms with E-state index in [4.69, 9.17) is 15.8 Å². The summed E-state index contributed by atoms with van der Waals surface area (Å²) in [6.07, 6.45) is -3.41. The molecule has 0 bridgehead atoms. The van der Waals surface area contributed by atoms with Crippen molar-refractivity contribution in [1.82, 2.24) is 0 Å². The van der Waals surface area contributed by atoms with E-state index in [1.807, 2.05) is 0 Å². The van der Waals surface area contributed by atoms with Gasteiger partial charge in [0, 0.05) is 16.7 Å². The number of benzene rings is 2. The van der Waals surface area contributed by atoms with Crippen molar-refractivity contribution < 1.29 is 52.7 Å². The van der Waals surface area contributed by atoms with E-state index in [0.29, 0.717) is 6.92 Å². The molecule has 1 saturated carbocycles. The van der Waals surface area contributed by atoms with Crippen molar-refractivity contribution in [3.8, 4) is 36.4 Å². The van der Waals surface area contributed by atoms with E-state index in [9.17, 15) is 37.7 Å². The van der Waals surface area contributed by atoms with Crippen molar-refractivity contribution >= 4 is 11.1 Å². The average Bonchev–Trinajstić information content (AvgIpc) is 3.81. The highest BCUT2D eigenvalue weighted by molar-refractivity contribution is 6.07. The summed E-state index contributed by atoms with van der Waals surface area (Å²) in [5.41, 5.74) is -22.6. The summed E-state index contributed by atoms with van der Waals surface area (Å²) in [6.45, 7) is 0.385. The Kier molecular flexibility index (Phi) is 8.68. The van der Waals surface area contributed by atoms with E-state index < -0.39 is 137 Å². The standard InChI is InChI=1S/C31H4F12N6/c1-31(7-49)29(42)27(40)18(28(41)30(31)43)10(4-46)15-13(8(2-44)16-23(36)19(32)11(5-47)20(33)24(16)37)14(15)9(3-45)17-25(38)21(34)12(6-48)22(35)26(17)39/h29H,1H3/b13-8-,14-9?,15-10-. The Morgan fingerprint density at radius 3 is 1.14 bits per heavy atom. The molecule has 0 aliphatic heterocycles. The smallest absolute Gasteiger partial charge is 0.180 e. The van der Waals surface area contributed by atoms with Gasteiger partial charge in [0.05, 0.1) is 39.5 Å². The maximum absolute atomic E-state index is 15.3. The molecule has 0 saturated heterocycles. The van der Waals surface area contributed by atoms with E-state index >= 15 is 30.7 Å². The molecule has 2 aromatic rings. The van der Waals surface area contributed by atoms with Crippen LogP contribution in [0.5, 0.6) is 0 Å². The lowest BCUT2D eigenvalue weighted by Gasteiger charge is -2.28. The molecule has 6 nitrogen and oxygen atoms in total. The molecule has 2 unspecified atom stereocenters. The minimum atomic E-state index is -3.41. The second-order valence-corrected chi connectivity index (χ2v) is 9.85. The first-order chi connectivity index (χ1) is 23.0. The van der Waals surface area contributed by atoms with Gasteiger partial charge in [0.1, 0.15) is 52.7 Å². The minimum Gasteiger partial charge on any atom is -0.237 e. The summed E-state index contributed by atoms with van der Waals surface area (Å²) in [7, 11) is 0. The van der Waals surface area contributed by atoms with Crippen molar-refractivity contribution in [3.05, 3.63) is 114 Å². The van der Waals surface area contributed by atoms with E-state index in [0.717, 1.165) is 36.4 Å². The highest BCUT2D eigenvalue weighted by atomic mass is 19.2. The summed E-state index contributed by atoms with van der Waals surface area (Å²) in [5, 5.41) is 56.4. The zero-order valence-corrected chi connectivity index (χ0v) is 23.3. The molecule has 0 N–H and O–H groups in total. The van der Waals surface area contributed by atoms with Gasteiger partial charge in [-0.25, -0.2) is 52.7 Å². The van der Waals surface area contributed by atoms with Crippen LogP contribution in [0, 0.1) is 120 Å². The molecule has 0 aromatic heterocycles. The molecule has 2 atom stereocenters. The molecule has 18 heteroatoms. The SMILES string of the molecule is CC1(C#N)C(F)=C(F)C(/C(C#N)=C2\C(=C(C#N)c3c(F)c(F)c(C#N)c(F)c3F)\C2=C(/C#N)c2c(F)c(F)c(C#N)c(F)c2F)=C(F)C1F. The van der Waals surface area contributed by atoms with E-state index in [1.165, 1.54) is 0 Å². The van der Waals surface area contributed by atoms with Crippen LogP contribution in [-0.4, -0.2) is 6.17 Å². The maximum atomic E-state index is 15.3. The zero-order valence-electron chi connectivity index (χ0n) is 23.3. The van der Waals surface area contributed by atoms with Crippen LogP contribution < -0.4 is 0 Å². The van der Waals surface area contributed by atoms with Crippen LogP contribution in [0.25, 0.3) is 11.1 Å². The van der Waals surface area contributed by atoms with Gasteiger partial charge in [-0.2, -0.15) is 31.6 Å². The Balaban J connectivity index is 2.35. The number of nitriles is 6. The highest BCUT2D eigenvalue weighted by Gasteiger charge is 2.53. The van der Waals surface area contributed by atoms with E-state index in [2.05, 4.69) is 0 Å². The minimum absolute atomic E-state index is 0.385. The van der Waals surface area contributed by atoms with Crippen LogP contribution in [0.2, 0.25) is 0 Å². The molecule has 2 aromatic carbocycles. The van der Waals surface area contributed by atoms with Gasteiger partial charge in [-0.1, -0.05) is 0 Å². The average molecular weight is 688 g/mol. The summed E-state index contributed by atoms with van der Waals surface area (Å²) < 4.78 is 179. The molecule has 2 aliphatic rings. The largest absolute Gasteiger partial charge is 0.237 e. The van der Waals surface area contributed by atoms with Crippen LogP contribution >= 0.6 is 0 Å². The van der Waals surface area contributed by atoms with Gasteiger partial charge in [-0.15, -0.1) is 0 Å². The molecule has 1 fully saturated rings. The first kappa shape index (κ1) is 35.1. The van der Waals surface area contributed by atoms with Crippen molar-refractivity contribution in [3.63, 3.8) is 0 Å². The van der Waals surface area contributed by atoms with Crippen molar-refractivity contribution in [2.45, 2.75) is 13.1 Å². The molecule has 0 radical (unpaired) electrons. The Labute approximate surface area is 264 Å². The molecule has 242 valence electrons. The van der Waals surface area contributed by atoms with Gasteiger partial charge in [-0.3, -0.25) is 0 Å². The highest BCUT2D eigenvalue weighted by Crippen LogP contribution is 2.58. The second-order valence-electron chi connectivity index (χ2n) is 9.85. The lowest BCUT2D eigenvalue weighted by molar-refractivity contribution is 0.176. The number of allylic oxidation sites excluding steroid dienone is 10. The van der Waals surface area contributed by atoms with Gasteiger partial charge in [-0.05, 0) is 6.92 Å². The predicted octanol–water partition coefficient (Wildman–Crippen LogP) is 7.89. The number of rotatable bonds is 3. The summed E-state index contributed by atoms with van der Waals surface area (Å²) in [5.74, 6) is -27.1. The summed E-state index contributed by atoms with van der Waals surface area (Å²) in [4.78, 5) is 0. The zero-order chi connectivity index (χ0) is 37.0. The van der Waals surface area contributed by atoms with Crippen LogP contribution in [0.4, 0.5) is 52.7 Å². The van der Waals surface area contributed by atoms with Crippen molar-refractivity contribution in [2.24, 2.45) is 5.41 Å². The van der Waals surface area contributed by atoms with E-state index in [-0.39, 0.29) is 0 Å². The van der Waals surface area contributed by atoms with Gasteiger partial charge >= 0.3 is 0 Å². The number of hydrogen-bond donors (Lipinski definition) is 0. The predicted molar refractivity (Wildman–Crippen MR) is 136 cm³/mol. The summed E-state index contributed by atoms with van der Waals surface area (Å²) in [6, 6.07) is 5.44. The second kappa shape index (κ2) is 12.1. The topological polar surface area (TPSA) is 143 Å². The third kappa shape index (κ3) is 4.70. The molecule has 0 heterocycles. The van der Waals surface area contributed by atoms with E-state index in [1.54, 1.807) is 0 Å². The Morgan fingerprint density at radius 1 is 0.531 bits per heavy atom. The fourth-order valence-corrected chi connectivity index (χ4v) is 4.82. The molecule has 0 spiro atoms. The Morgan fingerprint density at radius 2 is 0.857 bits per heavy atom. The Bertz CT molecular complexity index is 2220. The Hall–Kier alpha value is -6.76. The van der Waals surface area contributed by atoms with Crippen molar-refractivity contribution in [2.75, 3.05) is 0 Å². The van der Waals surface area contributed by atoms with Crippen molar-refractivity contribution in [1.29, 1.82) is 31.6 Å². The number of alkyl halides is 1. The quantitative estimate of drug-likeness (QED) is 0.182. The molecular weight excluding hydrogens is 684 g/mol. The molecule has 2 aliphatic carbocycles. The van der Waals surface area contributed by atoms with Crippen LogP contribution in [0.1, 0.15) is 29.2 Å². The molecule has 4 rings (SSSR count). The first-order valence-electron chi connectivity index (χ1n) is 12.5. The lowest BCUT2D eigenvalue weighted by atomic mass is 9.77. The van der Waals surface area contributed by atoms with Crippen LogP contribution in [-0.2, 0) is 0 Å². The van der Waals surface area contributed by atoms with Gasteiger partial charge in [0.15, 0.2) is 64.4 Å². The maximum Gasteiger partial charge on any atom is 0.180 e. The van der Waals surface area contributed by atoms with Crippen LogP contribution in [0.3, 0.4) is 0 Å². The first-order valence-corrected chi connectivity index (χ1v) is 12.5. The van der Waals surface area contributed by atoms with Gasteiger partial charge < -0.3 is 0 Å². The fraction of sp³-hybridized carbons (Fsp3) is 0.0968. The molecular formula is C31H4F12N6. The monoisotopic (exact) mass is 688 g/mol. The summed E-state index contributed by atoms with van der Waals surface area (Å²) >= 11 is 0. The van der Waals surface area contributed by atoms with Gasteiger partial charge in [0.25, 0.3) is 0 Å². The molecule has 49 heavy (non-hydrogen) atoms. The molecule has 0 amide bonds. The third-order valence-electron chi connectivity index (χ3n) is 7.34. The third-order valence-corrected chi connectivity index (χ3v) is 7.34. The normalized spacial score (nSPS) is 21.5. The number of halogens is 12. The van der Waals surface area contributed by atoms with Gasteiger partial charge in [0.2, 0.25) is 0 Å². The number of nitrogens with zero attached hydrogens (tertiary/aromatic N) is 6. The lowest BCUT2D eigenvalue weighted by Crippen LogP contribution is -2.33. The van der Waals surface area contributed by atoms with Crippen LogP contribution in [0.15, 0.2) is 45.3 Å².